The second-order valence-corrected chi connectivity index (χ2v) is 33.1. The van der Waals surface area contributed by atoms with E-state index in [0.717, 1.165) is 102 Å². The Bertz CT molecular complexity index is 1940. The summed E-state index contributed by atoms with van der Waals surface area (Å²) >= 11 is 0. The zero-order valence-electron chi connectivity index (χ0n) is 66.2. The zero-order chi connectivity index (χ0) is 74.2. The Morgan fingerprint density at radius 2 is 0.505 bits per heavy atom. The second-order valence-electron chi connectivity index (χ2n) is 30.2. The average Bonchev–Trinajstić information content (AvgIpc) is 1.08. The minimum Gasteiger partial charge on any atom is -0.462 e. The van der Waals surface area contributed by atoms with Crippen LogP contribution in [0.5, 0.6) is 0 Å². The van der Waals surface area contributed by atoms with Gasteiger partial charge in [-0.15, -0.1) is 0 Å². The summed E-state index contributed by atoms with van der Waals surface area (Å²) in [7, 11) is -9.92. The number of aliphatic hydroxyl groups is 1. The summed E-state index contributed by atoms with van der Waals surface area (Å²) in [6, 6.07) is 0. The van der Waals surface area contributed by atoms with E-state index in [2.05, 4.69) is 41.5 Å². The molecule has 0 bridgehead atoms. The van der Waals surface area contributed by atoms with Gasteiger partial charge in [0.05, 0.1) is 26.4 Å². The van der Waals surface area contributed by atoms with Crippen LogP contribution >= 0.6 is 15.6 Å². The molecule has 0 radical (unpaired) electrons. The summed E-state index contributed by atoms with van der Waals surface area (Å²) in [5, 5.41) is 10.6. The maximum absolute atomic E-state index is 13.1. The van der Waals surface area contributed by atoms with Gasteiger partial charge in [0.15, 0.2) is 12.2 Å². The lowest BCUT2D eigenvalue weighted by Gasteiger charge is -2.21. The Kier molecular flexibility index (Phi) is 72.2. The maximum atomic E-state index is 13.1. The van der Waals surface area contributed by atoms with Gasteiger partial charge in [0.25, 0.3) is 0 Å². The van der Waals surface area contributed by atoms with E-state index in [1.807, 2.05) is 0 Å². The van der Waals surface area contributed by atoms with E-state index in [9.17, 15) is 43.2 Å². The number of phosphoric acid groups is 2. The van der Waals surface area contributed by atoms with E-state index in [4.69, 9.17) is 37.0 Å². The van der Waals surface area contributed by atoms with Crippen molar-refractivity contribution in [2.45, 2.75) is 452 Å². The fourth-order valence-electron chi connectivity index (χ4n) is 12.7. The highest BCUT2D eigenvalue weighted by molar-refractivity contribution is 7.47. The molecule has 0 aromatic carbocycles. The third-order valence-corrected chi connectivity index (χ3v) is 21.5. The lowest BCUT2D eigenvalue weighted by molar-refractivity contribution is -0.161. The van der Waals surface area contributed by atoms with Crippen LogP contribution in [-0.2, 0) is 65.4 Å². The number of carbonyl (C=O) groups is 4. The molecule has 0 saturated carbocycles. The molecule has 0 aromatic rings. The minimum atomic E-state index is -4.96. The molecule has 0 rings (SSSR count). The molecular weight excluding hydrogens is 1320 g/mol. The van der Waals surface area contributed by atoms with E-state index in [0.29, 0.717) is 25.7 Å². The summed E-state index contributed by atoms with van der Waals surface area (Å²) in [6.45, 7) is 9.72. The lowest BCUT2D eigenvalue weighted by Crippen LogP contribution is -2.30. The molecule has 0 aliphatic rings. The number of ether oxygens (including phenoxy) is 4. The van der Waals surface area contributed by atoms with Gasteiger partial charge in [0, 0.05) is 25.7 Å². The fraction of sp³-hybridized carbons (Fsp3) is 0.951. The number of phosphoric ester groups is 2. The van der Waals surface area contributed by atoms with Gasteiger partial charge in [-0.05, 0) is 37.5 Å². The molecule has 3 unspecified atom stereocenters. The minimum absolute atomic E-state index is 0.108. The maximum Gasteiger partial charge on any atom is 0.472 e. The van der Waals surface area contributed by atoms with Crippen molar-refractivity contribution in [1.29, 1.82) is 0 Å². The van der Waals surface area contributed by atoms with Gasteiger partial charge in [-0.1, -0.05) is 382 Å². The van der Waals surface area contributed by atoms with Crippen LogP contribution < -0.4 is 0 Å². The molecule has 0 saturated heterocycles. The third-order valence-electron chi connectivity index (χ3n) is 19.6. The first-order valence-corrected chi connectivity index (χ1v) is 45.5. The van der Waals surface area contributed by atoms with E-state index >= 15 is 0 Å². The first-order chi connectivity index (χ1) is 48.9. The zero-order valence-corrected chi connectivity index (χ0v) is 68.0. The molecule has 0 aliphatic carbocycles. The molecule has 19 heteroatoms. The molecule has 0 heterocycles. The van der Waals surface area contributed by atoms with E-state index in [1.54, 1.807) is 0 Å². The summed E-state index contributed by atoms with van der Waals surface area (Å²) in [5.74, 6) is -0.453. The van der Waals surface area contributed by atoms with Crippen LogP contribution in [0.25, 0.3) is 0 Å². The van der Waals surface area contributed by atoms with Crippen LogP contribution in [0.4, 0.5) is 0 Å². The Labute approximate surface area is 619 Å². The van der Waals surface area contributed by atoms with Crippen molar-refractivity contribution < 1.29 is 80.2 Å². The molecular formula is C82H160O17P2. The summed E-state index contributed by atoms with van der Waals surface area (Å²) in [5.41, 5.74) is 0. The Balaban J connectivity index is 5.24. The fourth-order valence-corrected chi connectivity index (χ4v) is 14.3. The molecule has 0 aliphatic heterocycles. The first-order valence-electron chi connectivity index (χ1n) is 42.5. The summed E-state index contributed by atoms with van der Waals surface area (Å²) < 4.78 is 68.8. The molecule has 0 amide bonds. The quantitative estimate of drug-likeness (QED) is 0.0222. The Morgan fingerprint density at radius 3 is 0.752 bits per heavy atom. The van der Waals surface area contributed by atoms with Crippen LogP contribution in [0.15, 0.2) is 0 Å². The number of hydrogen-bond donors (Lipinski definition) is 3. The van der Waals surface area contributed by atoms with Gasteiger partial charge in [-0.2, -0.15) is 0 Å². The van der Waals surface area contributed by atoms with Crippen LogP contribution in [-0.4, -0.2) is 96.7 Å². The number of unbranched alkanes of at least 4 members (excludes halogenated alkanes) is 50. The molecule has 3 N–H and O–H groups in total. The second kappa shape index (κ2) is 73.6. The van der Waals surface area contributed by atoms with Gasteiger partial charge in [-0.25, -0.2) is 9.13 Å². The molecule has 17 nitrogen and oxygen atoms in total. The van der Waals surface area contributed by atoms with Crippen molar-refractivity contribution in [2.24, 2.45) is 11.8 Å². The van der Waals surface area contributed by atoms with Crippen molar-refractivity contribution in [2.75, 3.05) is 39.6 Å². The van der Waals surface area contributed by atoms with Crippen LogP contribution in [0.3, 0.4) is 0 Å². The number of aliphatic hydroxyl groups excluding tert-OH is 1. The number of esters is 4. The molecule has 0 spiro atoms. The van der Waals surface area contributed by atoms with Crippen LogP contribution in [0.1, 0.15) is 433 Å². The Morgan fingerprint density at radius 1 is 0.287 bits per heavy atom. The predicted molar refractivity (Wildman–Crippen MR) is 414 cm³/mol. The van der Waals surface area contributed by atoms with Gasteiger partial charge >= 0.3 is 39.5 Å². The highest BCUT2D eigenvalue weighted by atomic mass is 31.2. The van der Waals surface area contributed by atoms with Crippen molar-refractivity contribution >= 4 is 39.5 Å². The van der Waals surface area contributed by atoms with E-state index in [-0.39, 0.29) is 25.7 Å². The highest BCUT2D eigenvalue weighted by Crippen LogP contribution is 2.45. The van der Waals surface area contributed by atoms with Crippen LogP contribution in [0, 0.1) is 11.8 Å². The normalized spacial score (nSPS) is 14.2. The number of hydrogen-bond acceptors (Lipinski definition) is 15. The summed E-state index contributed by atoms with van der Waals surface area (Å²) in [4.78, 5) is 73.1. The predicted octanol–water partition coefficient (Wildman–Crippen LogP) is 24.7. The number of rotatable bonds is 81. The molecule has 0 fully saturated rings. The average molecular weight is 1480 g/mol. The SMILES string of the molecule is CCCCCCCCCCCCCCCCCC(=O)O[C@H](COC(=O)CCCCCCCCCCCC)COP(=O)(O)OC[C@H](O)COP(=O)(O)OC[C@@H](COC(=O)CCCCCCCCCCCCCCCCC(C)CC)OC(=O)CCCCCCCCCCCCCCCCCC(C)C. The molecule has 0 aromatic heterocycles. The van der Waals surface area contributed by atoms with Crippen molar-refractivity contribution in [3.63, 3.8) is 0 Å². The lowest BCUT2D eigenvalue weighted by atomic mass is 9.99. The van der Waals surface area contributed by atoms with E-state index < -0.39 is 97.5 Å². The smallest absolute Gasteiger partial charge is 0.462 e. The van der Waals surface area contributed by atoms with Crippen molar-refractivity contribution in [3.8, 4) is 0 Å². The number of carbonyl (C=O) groups excluding carboxylic acids is 4. The largest absolute Gasteiger partial charge is 0.472 e. The molecule has 101 heavy (non-hydrogen) atoms. The standard InChI is InChI=1S/C82H160O17P2/c1-7-10-12-14-16-18-20-21-23-31-36-42-48-54-60-66-81(86)98-77(70-92-79(84)64-58-52-46-40-19-17-15-13-11-8-2)72-96-100(88,89)94-68-76(83)69-95-101(90,91)97-73-78(99-82(87)67-61-55-49-43-37-32-25-22-24-28-33-38-44-50-56-62-74(4)5)71-93-80(85)65-59-53-47-41-35-30-27-26-29-34-39-45-51-57-63-75(6)9-3/h74-78,83H,7-73H2,1-6H3,(H,88,89)(H,90,91)/t75?,76-,77+,78+/m0/s1. The monoisotopic (exact) mass is 1480 g/mol. The van der Waals surface area contributed by atoms with Gasteiger partial charge in [0.1, 0.15) is 19.3 Å². The van der Waals surface area contributed by atoms with E-state index in [1.165, 1.54) is 250 Å². The highest BCUT2D eigenvalue weighted by Gasteiger charge is 2.30. The summed E-state index contributed by atoms with van der Waals surface area (Å²) in [6.07, 6.45) is 63.6. The Hall–Kier alpha value is -1.94. The third kappa shape index (κ3) is 74.7. The van der Waals surface area contributed by atoms with Crippen molar-refractivity contribution in [1.82, 2.24) is 0 Å². The molecule has 600 valence electrons. The van der Waals surface area contributed by atoms with Gasteiger partial charge in [0.2, 0.25) is 0 Å². The first kappa shape index (κ1) is 99.1. The van der Waals surface area contributed by atoms with Crippen molar-refractivity contribution in [3.05, 3.63) is 0 Å². The topological polar surface area (TPSA) is 237 Å². The van der Waals surface area contributed by atoms with Crippen LogP contribution in [0.2, 0.25) is 0 Å². The van der Waals surface area contributed by atoms with Gasteiger partial charge < -0.3 is 33.8 Å². The molecule has 6 atom stereocenters. The van der Waals surface area contributed by atoms with Gasteiger partial charge in [-0.3, -0.25) is 37.3 Å².